The van der Waals surface area contributed by atoms with Crippen LogP contribution in [0.25, 0.3) is 0 Å². The summed E-state index contributed by atoms with van der Waals surface area (Å²) in [7, 11) is -3.91. The summed E-state index contributed by atoms with van der Waals surface area (Å²) in [6.07, 6.45) is 0.909. The van der Waals surface area contributed by atoms with Crippen LogP contribution < -0.4 is 9.62 Å². The first kappa shape index (κ1) is 22.8. The van der Waals surface area contributed by atoms with Gasteiger partial charge in [0.15, 0.2) is 0 Å². The van der Waals surface area contributed by atoms with Crippen LogP contribution in [0.2, 0.25) is 0 Å². The van der Waals surface area contributed by atoms with Crippen molar-refractivity contribution in [3.8, 4) is 0 Å². The molecule has 0 aliphatic heterocycles. The number of hydrogen-bond acceptors (Lipinski definition) is 7. The number of rotatable bonds is 8. The number of nitrogens with zero attached hydrogens (tertiary/aromatic N) is 2. The van der Waals surface area contributed by atoms with Crippen molar-refractivity contribution in [2.75, 3.05) is 29.0 Å². The van der Waals surface area contributed by atoms with Gasteiger partial charge in [0.2, 0.25) is 15.9 Å². The normalized spacial score (nSPS) is 10.9. The van der Waals surface area contributed by atoms with Gasteiger partial charge in [-0.15, -0.1) is 0 Å². The zero-order chi connectivity index (χ0) is 22.5. The molecule has 0 aromatic heterocycles. The number of hydrogen-bond donors (Lipinski definition) is 1. The molecule has 0 bridgehead atoms. The van der Waals surface area contributed by atoms with E-state index in [4.69, 9.17) is 4.74 Å². The Morgan fingerprint density at radius 2 is 1.80 bits per heavy atom. The number of amides is 1. The van der Waals surface area contributed by atoms with Gasteiger partial charge >= 0.3 is 5.97 Å². The molecule has 1 amide bonds. The third-order valence-electron chi connectivity index (χ3n) is 4.11. The number of nitro benzene ring substituents is 1. The maximum atomic E-state index is 12.5. The molecule has 10 nitrogen and oxygen atoms in total. The smallest absolute Gasteiger partial charge is 0.338 e. The molecule has 30 heavy (non-hydrogen) atoms. The summed E-state index contributed by atoms with van der Waals surface area (Å²) in [5, 5.41) is 13.7. The fraction of sp³-hybridized carbons (Fsp3) is 0.263. The zero-order valence-corrected chi connectivity index (χ0v) is 17.4. The summed E-state index contributed by atoms with van der Waals surface area (Å²) in [4.78, 5) is 34.6. The van der Waals surface area contributed by atoms with Crippen LogP contribution in [-0.4, -0.2) is 44.6 Å². The second-order valence-electron chi connectivity index (χ2n) is 6.29. The molecule has 0 radical (unpaired) electrons. The van der Waals surface area contributed by atoms with Crippen LogP contribution in [0, 0.1) is 17.0 Å². The fourth-order valence-electron chi connectivity index (χ4n) is 2.70. The number of esters is 1. The number of carbonyl (C=O) groups excluding carboxylic acids is 2. The zero-order valence-electron chi connectivity index (χ0n) is 16.6. The molecule has 1 N–H and O–H groups in total. The van der Waals surface area contributed by atoms with Gasteiger partial charge in [0, 0.05) is 11.8 Å². The second kappa shape index (κ2) is 9.35. The van der Waals surface area contributed by atoms with E-state index in [1.807, 2.05) is 0 Å². The quantitative estimate of drug-likeness (QED) is 0.382. The van der Waals surface area contributed by atoms with Gasteiger partial charge in [0.25, 0.3) is 5.69 Å². The van der Waals surface area contributed by atoms with Gasteiger partial charge in [-0.1, -0.05) is 6.07 Å². The van der Waals surface area contributed by atoms with Gasteiger partial charge in [-0.05, 0) is 44.2 Å². The maximum absolute atomic E-state index is 12.5. The summed E-state index contributed by atoms with van der Waals surface area (Å²) in [6.45, 7) is 2.75. The summed E-state index contributed by atoms with van der Waals surface area (Å²) >= 11 is 0. The fourth-order valence-corrected chi connectivity index (χ4v) is 3.60. The van der Waals surface area contributed by atoms with E-state index in [0.717, 1.165) is 10.6 Å². The van der Waals surface area contributed by atoms with Gasteiger partial charge in [-0.2, -0.15) is 0 Å². The Bertz CT molecular complexity index is 1070. The molecule has 2 aromatic rings. The van der Waals surface area contributed by atoms with Crippen molar-refractivity contribution in [1.82, 2.24) is 0 Å². The Hall–Kier alpha value is -3.47. The molecule has 0 saturated carbocycles. The molecule has 0 spiro atoms. The van der Waals surface area contributed by atoms with E-state index in [0.29, 0.717) is 11.3 Å². The lowest BCUT2D eigenvalue weighted by atomic mass is 10.1. The first-order valence-corrected chi connectivity index (χ1v) is 10.7. The molecule has 0 unspecified atom stereocenters. The highest BCUT2D eigenvalue weighted by molar-refractivity contribution is 7.92. The number of anilines is 2. The van der Waals surface area contributed by atoms with E-state index in [1.54, 1.807) is 6.92 Å². The molecule has 0 atom stereocenters. The van der Waals surface area contributed by atoms with Crippen molar-refractivity contribution in [2.24, 2.45) is 0 Å². The molecule has 0 saturated heterocycles. The van der Waals surface area contributed by atoms with Crippen LogP contribution >= 0.6 is 0 Å². The van der Waals surface area contributed by atoms with E-state index in [1.165, 1.54) is 49.4 Å². The van der Waals surface area contributed by atoms with Crippen LogP contribution in [0.3, 0.4) is 0 Å². The molecular formula is C19H21N3O7S. The molecule has 160 valence electrons. The highest BCUT2D eigenvalue weighted by Crippen LogP contribution is 2.29. The molecule has 11 heteroatoms. The van der Waals surface area contributed by atoms with E-state index in [9.17, 15) is 28.1 Å². The van der Waals surface area contributed by atoms with Gasteiger partial charge in [0.05, 0.1) is 34.6 Å². The van der Waals surface area contributed by atoms with Gasteiger partial charge in [-0.25, -0.2) is 13.2 Å². The molecule has 0 aliphatic carbocycles. The number of nitro groups is 1. The SMILES string of the molecule is CCOC(=O)c1ccc(NC(=O)CN(c2cccc([N+](=O)[O-])c2C)S(C)(=O)=O)cc1. The molecule has 0 aliphatic rings. The monoisotopic (exact) mass is 435 g/mol. The van der Waals surface area contributed by atoms with E-state index in [2.05, 4.69) is 5.32 Å². The molecule has 0 fully saturated rings. The Labute approximate surface area is 173 Å². The van der Waals surface area contributed by atoms with E-state index < -0.39 is 33.4 Å². The van der Waals surface area contributed by atoms with Crippen LogP contribution in [0.1, 0.15) is 22.8 Å². The number of carbonyl (C=O) groups is 2. The van der Waals surface area contributed by atoms with Crippen molar-refractivity contribution in [3.05, 3.63) is 63.7 Å². The molecule has 2 rings (SSSR count). The maximum Gasteiger partial charge on any atom is 0.338 e. The number of ether oxygens (including phenoxy) is 1. The lowest BCUT2D eigenvalue weighted by molar-refractivity contribution is -0.385. The second-order valence-corrected chi connectivity index (χ2v) is 8.20. The summed E-state index contributed by atoms with van der Waals surface area (Å²) in [5.41, 5.74) is 0.562. The van der Waals surface area contributed by atoms with Gasteiger partial charge in [-0.3, -0.25) is 19.2 Å². The first-order valence-electron chi connectivity index (χ1n) is 8.83. The summed E-state index contributed by atoms with van der Waals surface area (Å²) in [5.74, 6) is -1.16. The molecule has 2 aromatic carbocycles. The van der Waals surface area contributed by atoms with Crippen LogP contribution in [0.5, 0.6) is 0 Å². The minimum Gasteiger partial charge on any atom is -0.462 e. The minimum absolute atomic E-state index is 0.0412. The van der Waals surface area contributed by atoms with Crippen molar-refractivity contribution < 1.29 is 27.7 Å². The Balaban J connectivity index is 2.23. The average Bonchev–Trinajstić information content (AvgIpc) is 2.66. The highest BCUT2D eigenvalue weighted by Gasteiger charge is 2.25. The van der Waals surface area contributed by atoms with Gasteiger partial charge in [0.1, 0.15) is 6.54 Å². The third-order valence-corrected chi connectivity index (χ3v) is 5.24. The van der Waals surface area contributed by atoms with Crippen molar-refractivity contribution in [3.63, 3.8) is 0 Å². The molecular weight excluding hydrogens is 414 g/mol. The van der Waals surface area contributed by atoms with Crippen molar-refractivity contribution in [1.29, 1.82) is 0 Å². The average molecular weight is 435 g/mol. The number of sulfonamides is 1. The lowest BCUT2D eigenvalue weighted by Crippen LogP contribution is -2.38. The van der Waals surface area contributed by atoms with Crippen LogP contribution in [-0.2, 0) is 19.6 Å². The summed E-state index contributed by atoms with van der Waals surface area (Å²) < 4.78 is 30.2. The standard InChI is InChI=1S/C19H21N3O7S/c1-4-29-19(24)14-8-10-15(11-9-14)20-18(23)12-21(30(3,27)28)16-6-5-7-17(13(16)2)22(25)26/h5-11H,4,12H2,1-3H3,(H,20,23). The first-order chi connectivity index (χ1) is 14.0. The Morgan fingerprint density at radius 1 is 1.17 bits per heavy atom. The third kappa shape index (κ3) is 5.54. The predicted molar refractivity (Wildman–Crippen MR) is 111 cm³/mol. The minimum atomic E-state index is -3.91. The lowest BCUT2D eigenvalue weighted by Gasteiger charge is -2.23. The van der Waals surface area contributed by atoms with Crippen molar-refractivity contribution >= 4 is 39.0 Å². The van der Waals surface area contributed by atoms with E-state index >= 15 is 0 Å². The van der Waals surface area contributed by atoms with Crippen molar-refractivity contribution in [2.45, 2.75) is 13.8 Å². The van der Waals surface area contributed by atoms with Crippen LogP contribution in [0.4, 0.5) is 17.1 Å². The Kier molecular flexibility index (Phi) is 7.11. The number of nitrogens with one attached hydrogen (secondary N) is 1. The summed E-state index contributed by atoms with van der Waals surface area (Å²) in [6, 6.07) is 9.89. The van der Waals surface area contributed by atoms with Crippen LogP contribution in [0.15, 0.2) is 42.5 Å². The molecule has 0 heterocycles. The largest absolute Gasteiger partial charge is 0.462 e. The highest BCUT2D eigenvalue weighted by atomic mass is 32.2. The van der Waals surface area contributed by atoms with E-state index in [-0.39, 0.29) is 23.5 Å². The predicted octanol–water partition coefficient (Wildman–Crippen LogP) is 2.48. The van der Waals surface area contributed by atoms with Gasteiger partial charge < -0.3 is 10.1 Å². The topological polar surface area (TPSA) is 136 Å². The Morgan fingerprint density at radius 3 is 2.33 bits per heavy atom. The number of benzene rings is 2.